The van der Waals surface area contributed by atoms with E-state index in [0.717, 1.165) is 61.5 Å². The van der Waals surface area contributed by atoms with E-state index in [1.54, 1.807) is 0 Å². The topological polar surface area (TPSA) is 49.6 Å². The second kappa shape index (κ2) is 14.6. The monoisotopic (exact) mass is 799 g/mol. The lowest BCUT2D eigenvalue weighted by Gasteiger charge is -2.30. The van der Waals surface area contributed by atoms with E-state index in [9.17, 15) is 5.26 Å². The number of hydrogen-bond acceptors (Lipinski definition) is 3. The lowest BCUT2D eigenvalue weighted by molar-refractivity contribution is 0.794. The fraction of sp³-hybridized carbons (Fsp3) is 0.0167. The normalized spacial score (nSPS) is 12.6. The maximum absolute atomic E-state index is 10.0. The molecule has 10 aromatic rings. The lowest BCUT2D eigenvalue weighted by atomic mass is 9.70. The van der Waals surface area contributed by atoms with Gasteiger partial charge in [0, 0.05) is 16.7 Å². The van der Waals surface area contributed by atoms with Crippen molar-refractivity contribution < 1.29 is 0 Å². The molecule has 0 N–H and O–H groups in total. The summed E-state index contributed by atoms with van der Waals surface area (Å²) < 4.78 is 0. The summed E-state index contributed by atoms with van der Waals surface area (Å²) in [5.41, 5.74) is 21.5. The number of fused-ring (bicyclic) bond motifs is 10. The molecule has 3 nitrogen and oxygen atoms in total. The maximum Gasteiger partial charge on any atom is 0.160 e. The molecule has 2 aliphatic rings. The summed E-state index contributed by atoms with van der Waals surface area (Å²) >= 11 is 0. The third-order valence-corrected chi connectivity index (χ3v) is 13.0. The van der Waals surface area contributed by atoms with Gasteiger partial charge in [0.15, 0.2) is 5.82 Å². The second-order valence-electron chi connectivity index (χ2n) is 16.4. The Morgan fingerprint density at radius 3 is 1.33 bits per heavy atom. The molecule has 0 amide bonds. The van der Waals surface area contributed by atoms with Crippen molar-refractivity contribution in [2.75, 3.05) is 0 Å². The van der Waals surface area contributed by atoms with Crippen molar-refractivity contribution in [2.24, 2.45) is 0 Å². The molecule has 0 saturated carbocycles. The Balaban J connectivity index is 0.993. The minimum Gasteiger partial charge on any atom is -0.228 e. The van der Waals surface area contributed by atoms with E-state index in [1.807, 2.05) is 18.2 Å². The summed E-state index contributed by atoms with van der Waals surface area (Å²) in [4.78, 5) is 10.5. The smallest absolute Gasteiger partial charge is 0.160 e. The van der Waals surface area contributed by atoms with Gasteiger partial charge in [-0.2, -0.15) is 5.26 Å². The molecule has 292 valence electrons. The van der Waals surface area contributed by atoms with Gasteiger partial charge in [0.05, 0.1) is 28.4 Å². The molecule has 0 bridgehead atoms. The van der Waals surface area contributed by atoms with Gasteiger partial charge in [0.2, 0.25) is 0 Å². The molecule has 63 heavy (non-hydrogen) atoms. The van der Waals surface area contributed by atoms with Crippen LogP contribution in [0, 0.1) is 11.3 Å². The fourth-order valence-electron chi connectivity index (χ4n) is 10.0. The van der Waals surface area contributed by atoms with E-state index in [-0.39, 0.29) is 0 Å². The fourth-order valence-corrected chi connectivity index (χ4v) is 10.0. The standard InChI is InChI=1S/C60H37N3/c61-38-39-22-33-55-52(34-39)51-32-31-47(36-56(51)60(55)53-20-9-7-18-49(53)50-19-8-10-21-54(50)60)46-16-11-17-48(35-46)59-62-57(44-27-23-42(24-28-44)40-12-3-1-4-13-40)37-58(63-59)45-29-25-43(26-30-45)41-14-5-2-6-15-41/h1-37H. The number of nitriles is 1. The van der Waals surface area contributed by atoms with Crippen molar-refractivity contribution in [3.63, 3.8) is 0 Å². The Labute approximate surface area is 366 Å². The summed E-state index contributed by atoms with van der Waals surface area (Å²) in [6.45, 7) is 0. The predicted molar refractivity (Wildman–Crippen MR) is 256 cm³/mol. The minimum atomic E-state index is -0.516. The molecule has 0 radical (unpaired) electrons. The molecule has 0 atom stereocenters. The maximum atomic E-state index is 10.0. The van der Waals surface area contributed by atoms with Gasteiger partial charge in [-0.15, -0.1) is 0 Å². The number of hydrogen-bond donors (Lipinski definition) is 0. The van der Waals surface area contributed by atoms with Crippen molar-refractivity contribution in [3.05, 3.63) is 252 Å². The van der Waals surface area contributed by atoms with Crippen molar-refractivity contribution in [1.29, 1.82) is 5.26 Å². The van der Waals surface area contributed by atoms with E-state index < -0.39 is 5.41 Å². The van der Waals surface area contributed by atoms with E-state index >= 15 is 0 Å². The molecule has 1 heterocycles. The molecule has 0 unspecified atom stereocenters. The zero-order chi connectivity index (χ0) is 41.9. The van der Waals surface area contributed by atoms with E-state index in [4.69, 9.17) is 9.97 Å². The van der Waals surface area contributed by atoms with Crippen LogP contribution in [0.2, 0.25) is 0 Å². The van der Waals surface area contributed by atoms with Crippen LogP contribution in [0.3, 0.4) is 0 Å². The Hall–Kier alpha value is -8.45. The average molecular weight is 800 g/mol. The van der Waals surface area contributed by atoms with Crippen LogP contribution in [0.25, 0.3) is 89.5 Å². The summed E-state index contributed by atoms with van der Waals surface area (Å²) in [6, 6.07) is 82.1. The summed E-state index contributed by atoms with van der Waals surface area (Å²) in [5, 5.41) is 10.0. The number of benzene rings is 9. The molecule has 0 aliphatic heterocycles. The van der Waals surface area contributed by atoms with Crippen LogP contribution in [0.15, 0.2) is 224 Å². The minimum absolute atomic E-state index is 0.516. The van der Waals surface area contributed by atoms with Crippen molar-refractivity contribution in [1.82, 2.24) is 9.97 Å². The molecule has 0 saturated heterocycles. The van der Waals surface area contributed by atoms with Crippen molar-refractivity contribution in [2.45, 2.75) is 5.41 Å². The SMILES string of the molecule is N#Cc1ccc2c(c1)-c1ccc(-c3cccc(-c4nc(-c5ccc(-c6ccccc6)cc5)cc(-c5ccc(-c6ccccc6)cc5)n4)c3)cc1C21c2ccccc2-c2ccccc21. The Morgan fingerprint density at radius 2 is 0.746 bits per heavy atom. The zero-order valence-electron chi connectivity index (χ0n) is 34.2. The third-order valence-electron chi connectivity index (χ3n) is 13.0. The highest BCUT2D eigenvalue weighted by Crippen LogP contribution is 2.63. The number of rotatable bonds is 6. The van der Waals surface area contributed by atoms with Crippen LogP contribution in [0.5, 0.6) is 0 Å². The largest absolute Gasteiger partial charge is 0.228 e. The summed E-state index contributed by atoms with van der Waals surface area (Å²) in [5.74, 6) is 0.663. The van der Waals surface area contributed by atoms with Crippen LogP contribution in [-0.2, 0) is 5.41 Å². The Kier molecular flexibility index (Phi) is 8.45. The predicted octanol–water partition coefficient (Wildman–Crippen LogP) is 14.7. The first kappa shape index (κ1) is 36.4. The Bertz CT molecular complexity index is 3290. The van der Waals surface area contributed by atoms with E-state index in [0.29, 0.717) is 11.4 Å². The number of nitrogens with zero attached hydrogens (tertiary/aromatic N) is 3. The molecule has 2 aliphatic carbocycles. The third kappa shape index (κ3) is 5.88. The van der Waals surface area contributed by atoms with Crippen molar-refractivity contribution >= 4 is 0 Å². The molecular formula is C60H37N3. The molecule has 1 spiro atoms. The highest BCUT2D eigenvalue weighted by Gasteiger charge is 2.51. The van der Waals surface area contributed by atoms with E-state index in [1.165, 1.54) is 44.5 Å². The first-order valence-electron chi connectivity index (χ1n) is 21.4. The van der Waals surface area contributed by atoms with Crippen molar-refractivity contribution in [3.8, 4) is 95.6 Å². The van der Waals surface area contributed by atoms with Gasteiger partial charge in [0.25, 0.3) is 0 Å². The molecule has 9 aromatic carbocycles. The molecule has 12 rings (SSSR count). The van der Waals surface area contributed by atoms with Gasteiger partial charge >= 0.3 is 0 Å². The Morgan fingerprint density at radius 1 is 0.302 bits per heavy atom. The molecular weight excluding hydrogens is 763 g/mol. The second-order valence-corrected chi connectivity index (χ2v) is 16.4. The van der Waals surface area contributed by atoms with Gasteiger partial charge in [-0.05, 0) is 108 Å². The van der Waals surface area contributed by atoms with Gasteiger partial charge in [-0.1, -0.05) is 194 Å². The summed E-state index contributed by atoms with van der Waals surface area (Å²) in [7, 11) is 0. The van der Waals surface area contributed by atoms with Crippen LogP contribution >= 0.6 is 0 Å². The van der Waals surface area contributed by atoms with Crippen LogP contribution in [-0.4, -0.2) is 9.97 Å². The number of aromatic nitrogens is 2. The van der Waals surface area contributed by atoms with Gasteiger partial charge in [0.1, 0.15) is 0 Å². The van der Waals surface area contributed by atoms with E-state index in [2.05, 4.69) is 212 Å². The van der Waals surface area contributed by atoms with Crippen LogP contribution in [0.4, 0.5) is 0 Å². The quantitative estimate of drug-likeness (QED) is 0.168. The lowest BCUT2D eigenvalue weighted by Crippen LogP contribution is -2.25. The molecule has 1 aromatic heterocycles. The summed E-state index contributed by atoms with van der Waals surface area (Å²) in [6.07, 6.45) is 0. The van der Waals surface area contributed by atoms with Gasteiger partial charge in [-0.25, -0.2) is 9.97 Å². The van der Waals surface area contributed by atoms with Gasteiger partial charge < -0.3 is 0 Å². The van der Waals surface area contributed by atoms with Crippen LogP contribution < -0.4 is 0 Å². The zero-order valence-corrected chi connectivity index (χ0v) is 34.2. The highest BCUT2D eigenvalue weighted by atomic mass is 14.9. The van der Waals surface area contributed by atoms with Crippen LogP contribution in [0.1, 0.15) is 27.8 Å². The first-order valence-corrected chi connectivity index (χ1v) is 21.4. The highest BCUT2D eigenvalue weighted by molar-refractivity contribution is 5.96. The molecule has 3 heteroatoms. The first-order chi connectivity index (χ1) is 31.2. The molecule has 0 fully saturated rings. The average Bonchev–Trinajstić information content (AvgIpc) is 3.83. The van der Waals surface area contributed by atoms with Gasteiger partial charge in [-0.3, -0.25) is 0 Å².